The zero-order valence-corrected chi connectivity index (χ0v) is 7.01. The molecule has 72 valence electrons. The van der Waals surface area contributed by atoms with Crippen LogP contribution in [0, 0.1) is 0 Å². The van der Waals surface area contributed by atoms with Crippen LogP contribution < -0.4 is 0 Å². The van der Waals surface area contributed by atoms with Crippen LogP contribution in [0.15, 0.2) is 0 Å². The second kappa shape index (κ2) is 3.95. The molecule has 0 radical (unpaired) electrons. The number of rotatable bonds is 4. The highest BCUT2D eigenvalue weighted by Crippen LogP contribution is 2.12. The van der Waals surface area contributed by atoms with E-state index in [4.69, 9.17) is 20.4 Å². The van der Waals surface area contributed by atoms with Gasteiger partial charge in [-0.25, -0.2) is 0 Å². The molecule has 4 N–H and O–H groups in total. The van der Waals surface area contributed by atoms with Crippen molar-refractivity contribution in [3.05, 3.63) is 0 Å². The van der Waals surface area contributed by atoms with Gasteiger partial charge in [0.25, 0.3) is 0 Å². The van der Waals surface area contributed by atoms with Crippen molar-refractivity contribution in [2.24, 2.45) is 0 Å². The van der Waals surface area contributed by atoms with Gasteiger partial charge in [0.2, 0.25) is 0 Å². The molecule has 0 saturated heterocycles. The first-order chi connectivity index (χ1) is 5.33. The fraction of sp³-hybridized carbons (Fsp3) is 0.857. The minimum atomic E-state index is -2.03. The smallest absolute Gasteiger partial charge is 0.154 e. The Morgan fingerprint density at radius 2 is 1.75 bits per heavy atom. The summed E-state index contributed by atoms with van der Waals surface area (Å²) in [6, 6.07) is 0. The third-order valence-corrected chi connectivity index (χ3v) is 1.66. The van der Waals surface area contributed by atoms with Crippen molar-refractivity contribution < 1.29 is 25.2 Å². The number of aliphatic hydroxyl groups is 4. The van der Waals surface area contributed by atoms with E-state index in [1.54, 1.807) is 0 Å². The normalized spacial score (nSPS) is 23.8. The molecule has 0 aromatic heterocycles. The minimum absolute atomic E-state index is 0.114. The molecule has 0 spiro atoms. The van der Waals surface area contributed by atoms with Gasteiger partial charge in [-0.2, -0.15) is 0 Å². The molecule has 0 aromatic rings. The monoisotopic (exact) mass is 178 g/mol. The number of aldehydes is 1. The zero-order chi connectivity index (χ0) is 9.94. The predicted molar refractivity (Wildman–Crippen MR) is 40.4 cm³/mol. The Balaban J connectivity index is 4.37. The van der Waals surface area contributed by atoms with E-state index < -0.39 is 23.9 Å². The summed E-state index contributed by atoms with van der Waals surface area (Å²) >= 11 is 0. The first-order valence-corrected chi connectivity index (χ1v) is 3.56. The summed E-state index contributed by atoms with van der Waals surface area (Å²) < 4.78 is 0. The number of hydrogen-bond acceptors (Lipinski definition) is 5. The Morgan fingerprint density at radius 3 is 2.00 bits per heavy atom. The minimum Gasteiger partial charge on any atom is -0.391 e. The quantitative estimate of drug-likeness (QED) is 0.375. The van der Waals surface area contributed by atoms with E-state index in [2.05, 4.69) is 0 Å². The molecule has 0 saturated carbocycles. The summed E-state index contributed by atoms with van der Waals surface area (Å²) in [5.41, 5.74) is -2.03. The van der Waals surface area contributed by atoms with Crippen molar-refractivity contribution >= 4 is 6.29 Å². The third kappa shape index (κ3) is 2.53. The van der Waals surface area contributed by atoms with Gasteiger partial charge >= 0.3 is 0 Å². The summed E-state index contributed by atoms with van der Waals surface area (Å²) in [7, 11) is 0. The average Bonchev–Trinajstić information content (AvgIpc) is 2.01. The first-order valence-electron chi connectivity index (χ1n) is 3.56. The summed E-state index contributed by atoms with van der Waals surface area (Å²) in [6.45, 7) is 2.30. The van der Waals surface area contributed by atoms with E-state index >= 15 is 0 Å². The summed E-state index contributed by atoms with van der Waals surface area (Å²) in [4.78, 5) is 10.2. The van der Waals surface area contributed by atoms with E-state index in [-0.39, 0.29) is 6.29 Å². The van der Waals surface area contributed by atoms with Gasteiger partial charge in [0.15, 0.2) is 6.29 Å². The van der Waals surface area contributed by atoms with E-state index in [0.717, 1.165) is 6.92 Å². The fourth-order valence-corrected chi connectivity index (χ4v) is 0.679. The van der Waals surface area contributed by atoms with Crippen LogP contribution in [0.2, 0.25) is 0 Å². The maximum Gasteiger partial charge on any atom is 0.154 e. The lowest BCUT2D eigenvalue weighted by Crippen LogP contribution is -2.51. The van der Waals surface area contributed by atoms with Crippen molar-refractivity contribution in [1.29, 1.82) is 0 Å². The van der Waals surface area contributed by atoms with E-state index in [1.807, 2.05) is 0 Å². The van der Waals surface area contributed by atoms with Crippen LogP contribution in [0.5, 0.6) is 0 Å². The first kappa shape index (κ1) is 11.5. The standard InChI is InChI=1S/C7H14O5/c1-4(9)5(10)6(11)7(2,12)3-8/h3-6,9-12H,1-2H3/t4-,5-,6+,7+/m1/s1. The SMILES string of the molecule is C[C@@H](O)[C@@H](O)[C@H](O)[C@@](C)(O)C=O. The highest BCUT2D eigenvalue weighted by molar-refractivity contribution is 5.62. The van der Waals surface area contributed by atoms with Crippen LogP contribution in [-0.2, 0) is 4.79 Å². The van der Waals surface area contributed by atoms with Crippen LogP contribution in [-0.4, -0.2) is 50.6 Å². The summed E-state index contributed by atoms with van der Waals surface area (Å²) in [6.07, 6.45) is -4.31. The zero-order valence-electron chi connectivity index (χ0n) is 7.01. The molecule has 0 bridgehead atoms. The van der Waals surface area contributed by atoms with Gasteiger partial charge in [-0.05, 0) is 13.8 Å². The Kier molecular flexibility index (Phi) is 3.79. The molecule has 0 rings (SSSR count). The fourth-order valence-electron chi connectivity index (χ4n) is 0.679. The lowest BCUT2D eigenvalue weighted by Gasteiger charge is -2.28. The topological polar surface area (TPSA) is 98.0 Å². The van der Waals surface area contributed by atoms with Crippen molar-refractivity contribution in [3.63, 3.8) is 0 Å². The summed E-state index contributed by atoms with van der Waals surface area (Å²) in [5.74, 6) is 0. The Labute approximate surface area is 70.3 Å². The number of aliphatic hydroxyl groups excluding tert-OH is 3. The highest BCUT2D eigenvalue weighted by Gasteiger charge is 2.37. The molecule has 0 aliphatic rings. The molecule has 5 nitrogen and oxygen atoms in total. The number of hydrogen-bond donors (Lipinski definition) is 4. The molecule has 0 aliphatic carbocycles. The molecule has 0 aromatic carbocycles. The molecule has 0 amide bonds. The maximum atomic E-state index is 10.2. The second-order valence-electron chi connectivity index (χ2n) is 3.02. The molecule has 12 heavy (non-hydrogen) atoms. The average molecular weight is 178 g/mol. The molecule has 5 heteroatoms. The van der Waals surface area contributed by atoms with Crippen molar-refractivity contribution in [1.82, 2.24) is 0 Å². The van der Waals surface area contributed by atoms with Gasteiger partial charge in [0.05, 0.1) is 6.10 Å². The third-order valence-electron chi connectivity index (χ3n) is 1.66. The molecule has 0 unspecified atom stereocenters. The van der Waals surface area contributed by atoms with E-state index in [1.165, 1.54) is 6.92 Å². The van der Waals surface area contributed by atoms with Gasteiger partial charge < -0.3 is 25.2 Å². The number of carbonyl (C=O) groups excluding carboxylic acids is 1. The lowest BCUT2D eigenvalue weighted by atomic mass is 9.94. The Bertz CT molecular complexity index is 154. The van der Waals surface area contributed by atoms with Crippen LogP contribution in [0.1, 0.15) is 13.8 Å². The van der Waals surface area contributed by atoms with E-state index in [9.17, 15) is 4.79 Å². The van der Waals surface area contributed by atoms with Crippen molar-refractivity contribution in [3.8, 4) is 0 Å². The maximum absolute atomic E-state index is 10.2. The van der Waals surface area contributed by atoms with Crippen molar-refractivity contribution in [2.75, 3.05) is 0 Å². The van der Waals surface area contributed by atoms with E-state index in [0.29, 0.717) is 0 Å². The second-order valence-corrected chi connectivity index (χ2v) is 3.02. The summed E-state index contributed by atoms with van der Waals surface area (Å²) in [5, 5.41) is 36.1. The molecule has 0 aliphatic heterocycles. The molecule has 0 fully saturated rings. The van der Waals surface area contributed by atoms with Gasteiger partial charge in [-0.15, -0.1) is 0 Å². The molecule has 4 atom stereocenters. The Morgan fingerprint density at radius 1 is 1.33 bits per heavy atom. The van der Waals surface area contributed by atoms with Crippen molar-refractivity contribution in [2.45, 2.75) is 37.8 Å². The molecule has 0 heterocycles. The van der Waals surface area contributed by atoms with Crippen LogP contribution in [0.4, 0.5) is 0 Å². The predicted octanol–water partition coefficient (Wildman–Crippen LogP) is -1.96. The van der Waals surface area contributed by atoms with Crippen LogP contribution in [0.3, 0.4) is 0 Å². The van der Waals surface area contributed by atoms with Gasteiger partial charge in [0.1, 0.15) is 17.8 Å². The lowest BCUT2D eigenvalue weighted by molar-refractivity contribution is -0.155. The van der Waals surface area contributed by atoms with Crippen LogP contribution in [0.25, 0.3) is 0 Å². The molecular weight excluding hydrogens is 164 g/mol. The van der Waals surface area contributed by atoms with Crippen LogP contribution >= 0.6 is 0 Å². The highest BCUT2D eigenvalue weighted by atomic mass is 16.4. The largest absolute Gasteiger partial charge is 0.391 e. The number of carbonyl (C=O) groups is 1. The Hall–Kier alpha value is -0.490. The molecular formula is C7H14O5. The van der Waals surface area contributed by atoms with Gasteiger partial charge in [0, 0.05) is 0 Å². The van der Waals surface area contributed by atoms with Gasteiger partial charge in [-0.1, -0.05) is 0 Å². The van der Waals surface area contributed by atoms with Gasteiger partial charge in [-0.3, -0.25) is 0 Å².